The molecular weight excluding hydrogens is 490 g/mol. The molecule has 2 saturated carbocycles. The fraction of sp³-hybridized carbons (Fsp3) is 0.848. The molecule has 1 amide bonds. The third-order valence-electron chi connectivity index (χ3n) is 8.65. The van der Waals surface area contributed by atoms with E-state index < -0.39 is 0 Å². The van der Waals surface area contributed by atoms with Crippen molar-refractivity contribution in [3.63, 3.8) is 0 Å². The van der Waals surface area contributed by atoms with Crippen molar-refractivity contribution in [2.75, 3.05) is 19.7 Å². The molecule has 0 aromatic carbocycles. The summed E-state index contributed by atoms with van der Waals surface area (Å²) in [7, 11) is 0. The Kier molecular flexibility index (Phi) is 18.3. The summed E-state index contributed by atoms with van der Waals surface area (Å²) >= 11 is 0. The molecule has 6 nitrogen and oxygen atoms in total. The zero-order valence-electron chi connectivity index (χ0n) is 26.0. The van der Waals surface area contributed by atoms with Gasteiger partial charge in [0.05, 0.1) is 6.10 Å². The summed E-state index contributed by atoms with van der Waals surface area (Å²) < 4.78 is 5.23. The van der Waals surface area contributed by atoms with Crippen molar-refractivity contribution < 1.29 is 24.2 Å². The van der Waals surface area contributed by atoms with E-state index in [1.165, 1.54) is 25.7 Å². The number of aliphatic hydroxyl groups is 1. The number of aliphatic hydroxyl groups excluding tert-OH is 1. The first kappa shape index (κ1) is 35.3. The SMILES string of the molecule is CCCCCC1C(=O)CCC1CC(=O)N(CC)CC.CCCCCC1C(O)CCC1CC(=O)OCC=C(C)C. The van der Waals surface area contributed by atoms with Gasteiger partial charge in [0, 0.05) is 38.3 Å². The maximum atomic E-state index is 12.2. The molecule has 0 aromatic rings. The standard InChI is InChI=1S/C17H30O3.C16H29NO2/c1-4-5-6-7-15-14(8-9-16(15)18)12-17(19)20-11-10-13(2)3;1-4-7-8-9-14-13(10-11-15(14)18)12-16(19)17(5-2)6-3/h10,14-16,18H,4-9,11-12H2,1-3H3;13-14H,4-12H2,1-3H3. The second-order valence-electron chi connectivity index (χ2n) is 11.9. The molecule has 5 atom stereocenters. The Morgan fingerprint density at radius 1 is 0.897 bits per heavy atom. The molecule has 0 radical (unpaired) electrons. The van der Waals surface area contributed by atoms with Crippen molar-refractivity contribution in [3.8, 4) is 0 Å². The van der Waals surface area contributed by atoms with Gasteiger partial charge in [0.25, 0.3) is 0 Å². The number of hydrogen-bond donors (Lipinski definition) is 1. The fourth-order valence-corrected chi connectivity index (χ4v) is 6.18. The highest BCUT2D eigenvalue weighted by Crippen LogP contribution is 2.38. The van der Waals surface area contributed by atoms with E-state index in [0.717, 1.165) is 63.6 Å². The second kappa shape index (κ2) is 20.2. The van der Waals surface area contributed by atoms with Gasteiger partial charge in [-0.05, 0) is 83.6 Å². The van der Waals surface area contributed by atoms with Crippen LogP contribution in [0.25, 0.3) is 0 Å². The van der Waals surface area contributed by atoms with Gasteiger partial charge in [-0.1, -0.05) is 57.9 Å². The summed E-state index contributed by atoms with van der Waals surface area (Å²) in [5, 5.41) is 10.1. The average molecular weight is 550 g/mol. The number of carbonyl (C=O) groups excluding carboxylic acids is 3. The summed E-state index contributed by atoms with van der Waals surface area (Å²) in [6.45, 7) is 14.3. The van der Waals surface area contributed by atoms with Gasteiger partial charge in [-0.3, -0.25) is 14.4 Å². The summed E-state index contributed by atoms with van der Waals surface area (Å²) in [6.07, 6.45) is 15.2. The highest BCUT2D eigenvalue weighted by molar-refractivity contribution is 5.85. The molecule has 6 heteroatoms. The molecule has 5 unspecified atom stereocenters. The van der Waals surface area contributed by atoms with Gasteiger partial charge < -0.3 is 14.7 Å². The van der Waals surface area contributed by atoms with Crippen LogP contribution in [0.3, 0.4) is 0 Å². The maximum Gasteiger partial charge on any atom is 0.306 e. The molecule has 2 aliphatic carbocycles. The minimum atomic E-state index is -0.220. The van der Waals surface area contributed by atoms with Crippen LogP contribution in [0.5, 0.6) is 0 Å². The molecule has 39 heavy (non-hydrogen) atoms. The van der Waals surface area contributed by atoms with Gasteiger partial charge in [-0.2, -0.15) is 0 Å². The first-order chi connectivity index (χ1) is 18.7. The highest BCUT2D eigenvalue weighted by atomic mass is 16.5. The van der Waals surface area contributed by atoms with Crippen LogP contribution in [0.1, 0.15) is 131 Å². The Bertz CT molecular complexity index is 740. The lowest BCUT2D eigenvalue weighted by atomic mass is 9.87. The summed E-state index contributed by atoms with van der Waals surface area (Å²) in [5.74, 6) is 1.56. The molecule has 226 valence electrons. The van der Waals surface area contributed by atoms with E-state index in [0.29, 0.717) is 43.5 Å². The van der Waals surface area contributed by atoms with Gasteiger partial charge in [-0.15, -0.1) is 0 Å². The van der Waals surface area contributed by atoms with E-state index >= 15 is 0 Å². The lowest BCUT2D eigenvalue weighted by Crippen LogP contribution is -2.32. The molecule has 0 spiro atoms. The minimum Gasteiger partial charge on any atom is -0.461 e. The highest BCUT2D eigenvalue weighted by Gasteiger charge is 2.36. The summed E-state index contributed by atoms with van der Waals surface area (Å²) in [6, 6.07) is 0. The Morgan fingerprint density at radius 2 is 1.54 bits per heavy atom. The van der Waals surface area contributed by atoms with Crippen molar-refractivity contribution in [1.29, 1.82) is 0 Å². The predicted molar refractivity (Wildman–Crippen MR) is 159 cm³/mol. The van der Waals surface area contributed by atoms with Gasteiger partial charge in [0.1, 0.15) is 12.4 Å². The van der Waals surface area contributed by atoms with Crippen molar-refractivity contribution in [1.82, 2.24) is 4.90 Å². The number of hydrogen-bond acceptors (Lipinski definition) is 5. The van der Waals surface area contributed by atoms with E-state index in [9.17, 15) is 19.5 Å². The van der Waals surface area contributed by atoms with E-state index in [1.54, 1.807) is 0 Å². The van der Waals surface area contributed by atoms with Gasteiger partial charge >= 0.3 is 5.97 Å². The second-order valence-corrected chi connectivity index (χ2v) is 11.9. The van der Waals surface area contributed by atoms with Crippen LogP contribution in [0.15, 0.2) is 11.6 Å². The lowest BCUT2D eigenvalue weighted by Gasteiger charge is -2.23. The number of allylic oxidation sites excluding steroid dienone is 1. The van der Waals surface area contributed by atoms with Gasteiger partial charge in [-0.25, -0.2) is 0 Å². The molecule has 1 N–H and O–H groups in total. The summed E-state index contributed by atoms with van der Waals surface area (Å²) in [4.78, 5) is 37.8. The number of ether oxygens (including phenoxy) is 1. The summed E-state index contributed by atoms with van der Waals surface area (Å²) in [5.41, 5.74) is 1.16. The Balaban J connectivity index is 0.000000391. The van der Waals surface area contributed by atoms with E-state index in [4.69, 9.17) is 4.74 Å². The number of amides is 1. The quantitative estimate of drug-likeness (QED) is 0.124. The Labute approximate surface area is 239 Å². The average Bonchev–Trinajstić information content (AvgIpc) is 3.42. The van der Waals surface area contributed by atoms with Crippen LogP contribution in [-0.4, -0.2) is 53.5 Å². The van der Waals surface area contributed by atoms with E-state index in [1.807, 2.05) is 38.7 Å². The zero-order chi connectivity index (χ0) is 29.2. The zero-order valence-corrected chi connectivity index (χ0v) is 26.0. The first-order valence-electron chi connectivity index (χ1n) is 16.0. The number of rotatable bonds is 16. The van der Waals surface area contributed by atoms with E-state index in [2.05, 4.69) is 13.8 Å². The van der Waals surface area contributed by atoms with Gasteiger partial charge in [0.2, 0.25) is 5.91 Å². The number of ketones is 1. The normalized spacial score (nSPS) is 24.2. The molecule has 0 bridgehead atoms. The topological polar surface area (TPSA) is 83.9 Å². The molecule has 0 heterocycles. The third-order valence-corrected chi connectivity index (χ3v) is 8.65. The van der Waals surface area contributed by atoms with Crippen molar-refractivity contribution in [2.45, 2.75) is 138 Å². The van der Waals surface area contributed by atoms with Crippen LogP contribution < -0.4 is 0 Å². The molecule has 2 aliphatic rings. The van der Waals surface area contributed by atoms with Crippen LogP contribution in [0.4, 0.5) is 0 Å². The van der Waals surface area contributed by atoms with Crippen molar-refractivity contribution >= 4 is 17.7 Å². The fourth-order valence-electron chi connectivity index (χ4n) is 6.18. The van der Waals surface area contributed by atoms with Crippen LogP contribution in [-0.2, 0) is 19.1 Å². The Morgan fingerprint density at radius 3 is 2.13 bits per heavy atom. The number of esters is 1. The molecule has 2 rings (SSSR count). The van der Waals surface area contributed by atoms with E-state index in [-0.39, 0.29) is 29.8 Å². The number of unbranched alkanes of at least 4 members (excludes halogenated alkanes) is 4. The maximum absolute atomic E-state index is 12.2. The number of Topliss-reactive ketones (excluding diaryl/α,β-unsaturated/α-hetero) is 1. The lowest BCUT2D eigenvalue weighted by molar-refractivity contribution is -0.144. The van der Waals surface area contributed by atoms with Crippen LogP contribution >= 0.6 is 0 Å². The van der Waals surface area contributed by atoms with Crippen molar-refractivity contribution in [3.05, 3.63) is 11.6 Å². The number of nitrogens with zero attached hydrogens (tertiary/aromatic N) is 1. The van der Waals surface area contributed by atoms with Crippen LogP contribution in [0.2, 0.25) is 0 Å². The van der Waals surface area contributed by atoms with Crippen molar-refractivity contribution in [2.24, 2.45) is 23.7 Å². The smallest absolute Gasteiger partial charge is 0.306 e. The largest absolute Gasteiger partial charge is 0.461 e. The Hall–Kier alpha value is -1.69. The molecule has 2 fully saturated rings. The molecular formula is C33H59NO5. The number of carbonyl (C=O) groups is 3. The minimum absolute atomic E-state index is 0.123. The molecule has 0 aliphatic heterocycles. The molecule has 0 aromatic heterocycles. The van der Waals surface area contributed by atoms with Crippen LogP contribution in [0, 0.1) is 23.7 Å². The first-order valence-corrected chi connectivity index (χ1v) is 16.0. The monoisotopic (exact) mass is 549 g/mol. The van der Waals surface area contributed by atoms with Gasteiger partial charge in [0.15, 0.2) is 0 Å². The molecule has 0 saturated heterocycles. The predicted octanol–water partition coefficient (Wildman–Crippen LogP) is 7.27. The third kappa shape index (κ3) is 13.5.